The first-order valence-electron chi connectivity index (χ1n) is 35.0. The number of hydrogen-bond donors (Lipinski definition) is 1. The minimum Gasteiger partial charge on any atom is -0.462 e. The summed E-state index contributed by atoms with van der Waals surface area (Å²) >= 11 is 0. The Hall–Kier alpha value is -4.48. The van der Waals surface area contributed by atoms with E-state index in [0.717, 1.165) is 128 Å². The average molecular weight is 1160 g/mol. The summed E-state index contributed by atoms with van der Waals surface area (Å²) in [5, 5.41) is 9.70. The number of carbonyl (C=O) groups is 2. The molecule has 0 aromatic carbocycles. The molecule has 0 amide bonds. The Balaban J connectivity index is 3.52. The van der Waals surface area contributed by atoms with Crippen LogP contribution in [0.15, 0.2) is 158 Å². The number of allylic oxidation sites excluding steroid dienone is 26. The molecule has 0 radical (unpaired) electrons. The van der Waals surface area contributed by atoms with Crippen molar-refractivity contribution in [1.29, 1.82) is 0 Å². The SMILES string of the molecule is CC/C=C\C/C=C\C/C=C\C/C=C\C/C=C\C/C=C\C/C=C\C/C=C\C/C=C\CCCCCCCCCC(=O)OC(CO)COC(=O)CCCCCCCCCCCCCCCCCCCCCCCC/C=C\C/C=C\C/C=C\C/C=C\CC. The lowest BCUT2D eigenvalue weighted by molar-refractivity contribution is -0.161. The summed E-state index contributed by atoms with van der Waals surface area (Å²) < 4.78 is 10.8. The minimum atomic E-state index is -0.789. The Labute approximate surface area is 520 Å². The van der Waals surface area contributed by atoms with E-state index in [-0.39, 0.29) is 25.2 Å². The van der Waals surface area contributed by atoms with E-state index in [9.17, 15) is 14.7 Å². The molecule has 84 heavy (non-hydrogen) atoms. The summed E-state index contributed by atoms with van der Waals surface area (Å²) in [6.07, 6.45) is 111. The molecule has 0 aromatic rings. The number of esters is 2. The molecule has 0 aliphatic rings. The zero-order chi connectivity index (χ0) is 60.5. The Morgan fingerprint density at radius 2 is 0.476 bits per heavy atom. The van der Waals surface area contributed by atoms with Gasteiger partial charge in [-0.05, 0) is 122 Å². The highest BCUT2D eigenvalue weighted by Gasteiger charge is 2.16. The maximum absolute atomic E-state index is 12.4. The highest BCUT2D eigenvalue weighted by Crippen LogP contribution is 2.17. The summed E-state index contributed by atoms with van der Waals surface area (Å²) in [5.74, 6) is -0.601. The Bertz CT molecular complexity index is 1790. The Morgan fingerprint density at radius 3 is 0.714 bits per heavy atom. The van der Waals surface area contributed by atoms with Crippen molar-refractivity contribution in [2.45, 2.75) is 315 Å². The van der Waals surface area contributed by atoms with Crippen LogP contribution in [0.3, 0.4) is 0 Å². The van der Waals surface area contributed by atoms with Gasteiger partial charge in [0.2, 0.25) is 0 Å². The molecule has 0 aliphatic carbocycles. The van der Waals surface area contributed by atoms with Crippen LogP contribution in [-0.2, 0) is 19.1 Å². The highest BCUT2D eigenvalue weighted by atomic mass is 16.6. The third-order valence-electron chi connectivity index (χ3n) is 14.8. The standard InChI is InChI=1S/C79H130O5/c1-3-5-7-9-11-13-15-17-19-21-23-25-27-29-31-33-35-37-39-41-43-45-47-49-51-53-55-57-59-61-63-65-67-69-71-73-78(81)83-76-77(75-80)84-79(82)74-72-70-68-66-64-62-60-58-56-54-52-50-48-46-44-42-40-38-36-34-32-30-28-26-24-22-20-18-16-14-12-10-8-6-4-2/h5-8,11-14,17-20,23-26,30,32,36,38,42,44,48,50,54,56,77,80H,3-4,9-10,15-16,21-22,27-29,31,33-35,37,39-41,43,45-47,49,51-53,55,57-76H2,1-2H3/b7-5-,8-6-,13-11-,14-12-,19-17-,20-18-,25-23-,26-24-,32-30-,38-36-,44-42-,50-48-,56-54-. The van der Waals surface area contributed by atoms with Gasteiger partial charge in [0.15, 0.2) is 6.10 Å². The molecule has 0 saturated heterocycles. The number of hydrogen-bond acceptors (Lipinski definition) is 5. The number of ether oxygens (including phenoxy) is 2. The Morgan fingerprint density at radius 1 is 0.274 bits per heavy atom. The number of aliphatic hydroxyl groups excluding tert-OH is 1. The lowest BCUT2D eigenvalue weighted by atomic mass is 10.0. The average Bonchev–Trinajstić information content (AvgIpc) is 3.51. The van der Waals surface area contributed by atoms with E-state index < -0.39 is 6.10 Å². The van der Waals surface area contributed by atoms with Crippen LogP contribution >= 0.6 is 0 Å². The van der Waals surface area contributed by atoms with Crippen molar-refractivity contribution in [3.05, 3.63) is 158 Å². The van der Waals surface area contributed by atoms with Crippen molar-refractivity contribution in [3.8, 4) is 0 Å². The molecular weight excluding hydrogens is 1030 g/mol. The molecule has 0 aromatic heterocycles. The van der Waals surface area contributed by atoms with E-state index in [4.69, 9.17) is 9.47 Å². The van der Waals surface area contributed by atoms with Gasteiger partial charge in [-0.25, -0.2) is 0 Å². The van der Waals surface area contributed by atoms with Crippen LogP contribution in [0.1, 0.15) is 309 Å². The van der Waals surface area contributed by atoms with E-state index in [0.29, 0.717) is 12.8 Å². The molecule has 0 rings (SSSR count). The predicted octanol–water partition coefficient (Wildman–Crippen LogP) is 24.6. The first-order valence-corrected chi connectivity index (χ1v) is 35.0. The second-order valence-electron chi connectivity index (χ2n) is 22.8. The molecular formula is C79H130O5. The molecule has 0 bridgehead atoms. The number of rotatable bonds is 63. The smallest absolute Gasteiger partial charge is 0.306 e. The number of aliphatic hydroxyl groups is 1. The number of unbranched alkanes of at least 4 members (excludes halogenated alkanes) is 29. The molecule has 0 fully saturated rings. The van der Waals surface area contributed by atoms with E-state index in [2.05, 4.69) is 172 Å². The van der Waals surface area contributed by atoms with E-state index in [1.165, 1.54) is 154 Å². The summed E-state index contributed by atoms with van der Waals surface area (Å²) in [7, 11) is 0. The van der Waals surface area contributed by atoms with E-state index in [1.54, 1.807) is 0 Å². The highest BCUT2D eigenvalue weighted by molar-refractivity contribution is 5.70. The van der Waals surface area contributed by atoms with Crippen LogP contribution in [0.2, 0.25) is 0 Å². The zero-order valence-electron chi connectivity index (χ0n) is 54.6. The molecule has 0 saturated carbocycles. The molecule has 0 aliphatic heterocycles. The van der Waals surface area contributed by atoms with Crippen LogP contribution in [0.4, 0.5) is 0 Å². The molecule has 5 nitrogen and oxygen atoms in total. The van der Waals surface area contributed by atoms with Gasteiger partial charge >= 0.3 is 11.9 Å². The van der Waals surface area contributed by atoms with Crippen molar-refractivity contribution in [2.75, 3.05) is 13.2 Å². The van der Waals surface area contributed by atoms with Crippen LogP contribution in [-0.4, -0.2) is 36.4 Å². The topological polar surface area (TPSA) is 72.8 Å². The van der Waals surface area contributed by atoms with Crippen LogP contribution in [0.5, 0.6) is 0 Å². The van der Waals surface area contributed by atoms with Crippen LogP contribution in [0, 0.1) is 0 Å². The summed E-state index contributed by atoms with van der Waals surface area (Å²) in [4.78, 5) is 24.7. The van der Waals surface area contributed by atoms with Crippen LogP contribution in [0.25, 0.3) is 0 Å². The normalized spacial score (nSPS) is 13.2. The fourth-order valence-electron chi connectivity index (χ4n) is 9.66. The van der Waals surface area contributed by atoms with Gasteiger partial charge in [-0.3, -0.25) is 9.59 Å². The quantitative estimate of drug-likeness (QED) is 0.0373. The fraction of sp³-hybridized carbons (Fsp3) is 0.646. The van der Waals surface area contributed by atoms with Gasteiger partial charge in [-0.15, -0.1) is 0 Å². The van der Waals surface area contributed by atoms with Gasteiger partial charge in [0.05, 0.1) is 6.61 Å². The first-order chi connectivity index (χ1) is 41.6. The Kier molecular flexibility index (Phi) is 68.9. The van der Waals surface area contributed by atoms with Crippen molar-refractivity contribution in [1.82, 2.24) is 0 Å². The minimum absolute atomic E-state index is 0.0761. The fourth-order valence-corrected chi connectivity index (χ4v) is 9.66. The van der Waals surface area contributed by atoms with Crippen molar-refractivity contribution >= 4 is 11.9 Å². The molecule has 1 atom stereocenters. The maximum Gasteiger partial charge on any atom is 0.306 e. The molecule has 0 spiro atoms. The second kappa shape index (κ2) is 72.8. The molecule has 476 valence electrons. The molecule has 1 unspecified atom stereocenters. The molecule has 5 heteroatoms. The molecule has 1 N–H and O–H groups in total. The summed E-state index contributed by atoms with van der Waals surface area (Å²) in [5.41, 5.74) is 0. The summed E-state index contributed by atoms with van der Waals surface area (Å²) in [6, 6.07) is 0. The lowest BCUT2D eigenvalue weighted by Gasteiger charge is -2.15. The monoisotopic (exact) mass is 1160 g/mol. The van der Waals surface area contributed by atoms with Crippen molar-refractivity contribution < 1.29 is 24.2 Å². The van der Waals surface area contributed by atoms with Gasteiger partial charge in [-0.1, -0.05) is 332 Å². The van der Waals surface area contributed by atoms with E-state index >= 15 is 0 Å². The zero-order valence-corrected chi connectivity index (χ0v) is 54.6. The maximum atomic E-state index is 12.4. The van der Waals surface area contributed by atoms with Gasteiger partial charge < -0.3 is 14.6 Å². The first kappa shape index (κ1) is 79.5. The van der Waals surface area contributed by atoms with Gasteiger partial charge in [0.25, 0.3) is 0 Å². The third-order valence-corrected chi connectivity index (χ3v) is 14.8. The van der Waals surface area contributed by atoms with Gasteiger partial charge in [0.1, 0.15) is 6.61 Å². The lowest BCUT2D eigenvalue weighted by Crippen LogP contribution is -2.28. The van der Waals surface area contributed by atoms with Crippen molar-refractivity contribution in [3.63, 3.8) is 0 Å². The van der Waals surface area contributed by atoms with Gasteiger partial charge in [0, 0.05) is 12.8 Å². The van der Waals surface area contributed by atoms with Crippen molar-refractivity contribution in [2.24, 2.45) is 0 Å². The third kappa shape index (κ3) is 70.0. The number of carbonyl (C=O) groups excluding carboxylic acids is 2. The van der Waals surface area contributed by atoms with E-state index in [1.807, 2.05) is 0 Å². The van der Waals surface area contributed by atoms with Crippen LogP contribution < -0.4 is 0 Å². The second-order valence-corrected chi connectivity index (χ2v) is 22.8. The predicted molar refractivity (Wildman–Crippen MR) is 370 cm³/mol. The largest absolute Gasteiger partial charge is 0.462 e. The van der Waals surface area contributed by atoms with Gasteiger partial charge in [-0.2, -0.15) is 0 Å². The summed E-state index contributed by atoms with van der Waals surface area (Å²) in [6.45, 7) is 3.92. The molecule has 0 heterocycles.